The van der Waals surface area contributed by atoms with Crippen LogP contribution in [0.2, 0.25) is 0 Å². The standard InChI is InChI=1S/C12H13N3O/c16-12(10-15-8-4-5-9-15)14-13-11-6-2-1-3-7-11/h1-9,13H,10H2,(H,14,16). The van der Waals surface area contributed by atoms with E-state index in [0.29, 0.717) is 6.54 Å². The normalized spacial score (nSPS) is 9.75. The average molecular weight is 215 g/mol. The van der Waals surface area contributed by atoms with Crippen LogP contribution in [0.5, 0.6) is 0 Å². The van der Waals surface area contributed by atoms with Gasteiger partial charge in [0.25, 0.3) is 5.91 Å². The molecule has 0 fully saturated rings. The molecule has 16 heavy (non-hydrogen) atoms. The lowest BCUT2D eigenvalue weighted by Crippen LogP contribution is -2.32. The second-order valence-electron chi connectivity index (χ2n) is 3.39. The number of rotatable bonds is 4. The molecule has 0 saturated carbocycles. The van der Waals surface area contributed by atoms with E-state index in [0.717, 1.165) is 5.69 Å². The van der Waals surface area contributed by atoms with Gasteiger partial charge in [0, 0.05) is 12.4 Å². The molecule has 0 aliphatic heterocycles. The van der Waals surface area contributed by atoms with Crippen LogP contribution in [0.25, 0.3) is 0 Å². The second-order valence-corrected chi connectivity index (χ2v) is 3.39. The largest absolute Gasteiger partial charge is 0.345 e. The van der Waals surface area contributed by atoms with Gasteiger partial charge in [0.15, 0.2) is 0 Å². The summed E-state index contributed by atoms with van der Waals surface area (Å²) in [5.41, 5.74) is 6.34. The van der Waals surface area contributed by atoms with Crippen LogP contribution in [-0.2, 0) is 11.3 Å². The Bertz CT molecular complexity index is 437. The second kappa shape index (κ2) is 5.02. The first-order chi connectivity index (χ1) is 7.84. The fourth-order valence-electron chi connectivity index (χ4n) is 1.34. The zero-order valence-electron chi connectivity index (χ0n) is 8.76. The van der Waals surface area contributed by atoms with E-state index >= 15 is 0 Å². The molecular weight excluding hydrogens is 202 g/mol. The highest BCUT2D eigenvalue weighted by atomic mass is 16.2. The molecule has 0 radical (unpaired) electrons. The Kier molecular flexibility index (Phi) is 3.23. The van der Waals surface area contributed by atoms with Crippen molar-refractivity contribution in [2.24, 2.45) is 0 Å². The number of hydrazine groups is 1. The number of hydrogen-bond donors (Lipinski definition) is 2. The van der Waals surface area contributed by atoms with Gasteiger partial charge in [-0.15, -0.1) is 0 Å². The van der Waals surface area contributed by atoms with Crippen molar-refractivity contribution in [1.82, 2.24) is 9.99 Å². The van der Waals surface area contributed by atoms with Gasteiger partial charge in [-0.1, -0.05) is 18.2 Å². The molecule has 0 atom stereocenters. The summed E-state index contributed by atoms with van der Waals surface area (Å²) in [5.74, 6) is -0.0833. The van der Waals surface area contributed by atoms with E-state index in [2.05, 4.69) is 10.9 Å². The van der Waals surface area contributed by atoms with Crippen molar-refractivity contribution in [2.75, 3.05) is 5.43 Å². The molecule has 0 spiro atoms. The van der Waals surface area contributed by atoms with Crippen molar-refractivity contribution < 1.29 is 4.79 Å². The third-order valence-electron chi connectivity index (χ3n) is 2.11. The van der Waals surface area contributed by atoms with Crippen molar-refractivity contribution >= 4 is 11.6 Å². The maximum absolute atomic E-state index is 11.5. The van der Waals surface area contributed by atoms with Crippen molar-refractivity contribution in [3.63, 3.8) is 0 Å². The topological polar surface area (TPSA) is 46.1 Å². The molecule has 0 bridgehead atoms. The van der Waals surface area contributed by atoms with E-state index in [1.54, 1.807) is 0 Å². The van der Waals surface area contributed by atoms with Crippen molar-refractivity contribution in [2.45, 2.75) is 6.54 Å². The Morgan fingerprint density at radius 3 is 2.44 bits per heavy atom. The summed E-state index contributed by atoms with van der Waals surface area (Å²) in [6.07, 6.45) is 3.70. The van der Waals surface area contributed by atoms with Gasteiger partial charge in [-0.3, -0.25) is 15.6 Å². The van der Waals surface area contributed by atoms with Gasteiger partial charge in [0.2, 0.25) is 0 Å². The van der Waals surface area contributed by atoms with Crippen LogP contribution in [0.4, 0.5) is 5.69 Å². The minimum absolute atomic E-state index is 0.0833. The number of carbonyl (C=O) groups excluding carboxylic acids is 1. The highest BCUT2D eigenvalue weighted by molar-refractivity contribution is 5.77. The van der Waals surface area contributed by atoms with Crippen molar-refractivity contribution in [1.29, 1.82) is 0 Å². The number of nitrogens with one attached hydrogen (secondary N) is 2. The first-order valence-corrected chi connectivity index (χ1v) is 5.05. The Morgan fingerprint density at radius 1 is 1.06 bits per heavy atom. The lowest BCUT2D eigenvalue weighted by atomic mass is 10.3. The molecule has 0 aliphatic carbocycles. The van der Waals surface area contributed by atoms with E-state index in [-0.39, 0.29) is 5.91 Å². The van der Waals surface area contributed by atoms with Gasteiger partial charge in [-0.05, 0) is 24.3 Å². The molecule has 1 amide bonds. The highest BCUT2D eigenvalue weighted by Gasteiger charge is 2.00. The summed E-state index contributed by atoms with van der Waals surface area (Å²) < 4.78 is 1.81. The number of benzene rings is 1. The molecule has 2 aromatic rings. The van der Waals surface area contributed by atoms with Crippen LogP contribution in [0, 0.1) is 0 Å². The molecule has 4 heteroatoms. The van der Waals surface area contributed by atoms with Gasteiger partial charge in [-0.25, -0.2) is 0 Å². The predicted octanol–water partition coefficient (Wildman–Crippen LogP) is 1.63. The van der Waals surface area contributed by atoms with E-state index in [9.17, 15) is 4.79 Å². The highest BCUT2D eigenvalue weighted by Crippen LogP contribution is 2.02. The van der Waals surface area contributed by atoms with Gasteiger partial charge in [0.05, 0.1) is 5.69 Å². The lowest BCUT2D eigenvalue weighted by Gasteiger charge is -2.08. The molecule has 0 aliphatic rings. The van der Waals surface area contributed by atoms with Gasteiger partial charge in [0.1, 0.15) is 6.54 Å². The third-order valence-corrected chi connectivity index (χ3v) is 2.11. The van der Waals surface area contributed by atoms with Gasteiger partial charge < -0.3 is 4.57 Å². The van der Waals surface area contributed by atoms with E-state index in [4.69, 9.17) is 0 Å². The van der Waals surface area contributed by atoms with Crippen molar-refractivity contribution in [3.05, 3.63) is 54.9 Å². The minimum Gasteiger partial charge on any atom is -0.345 e. The predicted molar refractivity (Wildman–Crippen MR) is 62.6 cm³/mol. The summed E-state index contributed by atoms with van der Waals surface area (Å²) in [6.45, 7) is 0.312. The number of para-hydroxylation sites is 1. The Hall–Kier alpha value is -2.23. The summed E-state index contributed by atoms with van der Waals surface area (Å²) in [6, 6.07) is 13.3. The van der Waals surface area contributed by atoms with Crippen LogP contribution in [0.1, 0.15) is 0 Å². The molecule has 1 aromatic heterocycles. The van der Waals surface area contributed by atoms with E-state index in [1.807, 2.05) is 59.4 Å². The Balaban J connectivity index is 1.80. The SMILES string of the molecule is O=C(Cn1cccc1)NNc1ccccc1. The third kappa shape index (κ3) is 2.88. The molecular formula is C12H13N3O. The average Bonchev–Trinajstić information content (AvgIpc) is 2.81. The summed E-state index contributed by atoms with van der Waals surface area (Å²) in [4.78, 5) is 11.5. The van der Waals surface area contributed by atoms with E-state index in [1.165, 1.54) is 0 Å². The molecule has 4 nitrogen and oxygen atoms in total. The monoisotopic (exact) mass is 215 g/mol. The lowest BCUT2D eigenvalue weighted by molar-refractivity contribution is -0.121. The first kappa shape index (κ1) is 10.3. The number of anilines is 1. The first-order valence-electron chi connectivity index (χ1n) is 5.05. The molecule has 2 rings (SSSR count). The summed E-state index contributed by atoms with van der Waals surface area (Å²) >= 11 is 0. The van der Waals surface area contributed by atoms with Crippen LogP contribution in [-0.4, -0.2) is 10.5 Å². The molecule has 0 unspecified atom stereocenters. The maximum atomic E-state index is 11.5. The molecule has 1 aromatic carbocycles. The zero-order chi connectivity index (χ0) is 11.2. The fourth-order valence-corrected chi connectivity index (χ4v) is 1.34. The Labute approximate surface area is 93.9 Å². The number of nitrogens with zero attached hydrogens (tertiary/aromatic N) is 1. The molecule has 2 N–H and O–H groups in total. The van der Waals surface area contributed by atoms with Gasteiger partial charge in [-0.2, -0.15) is 0 Å². The van der Waals surface area contributed by atoms with E-state index < -0.39 is 0 Å². The van der Waals surface area contributed by atoms with Crippen LogP contribution < -0.4 is 10.9 Å². The molecule has 0 saturated heterocycles. The number of aromatic nitrogens is 1. The maximum Gasteiger partial charge on any atom is 0.258 e. The number of amides is 1. The molecule has 82 valence electrons. The number of carbonyl (C=O) groups is 1. The smallest absolute Gasteiger partial charge is 0.258 e. The summed E-state index contributed by atoms with van der Waals surface area (Å²) in [7, 11) is 0. The van der Waals surface area contributed by atoms with Crippen LogP contribution >= 0.6 is 0 Å². The zero-order valence-corrected chi connectivity index (χ0v) is 8.76. The minimum atomic E-state index is -0.0833. The number of hydrogen-bond acceptors (Lipinski definition) is 2. The molecule has 1 heterocycles. The Morgan fingerprint density at radius 2 is 1.75 bits per heavy atom. The van der Waals surface area contributed by atoms with Crippen LogP contribution in [0.15, 0.2) is 54.9 Å². The van der Waals surface area contributed by atoms with Crippen molar-refractivity contribution in [3.8, 4) is 0 Å². The summed E-state index contributed by atoms with van der Waals surface area (Å²) in [5, 5.41) is 0. The fraction of sp³-hybridized carbons (Fsp3) is 0.0833. The van der Waals surface area contributed by atoms with Crippen LogP contribution in [0.3, 0.4) is 0 Å². The van der Waals surface area contributed by atoms with Gasteiger partial charge >= 0.3 is 0 Å². The quantitative estimate of drug-likeness (QED) is 0.761.